The first-order valence-electron chi connectivity index (χ1n) is 6.59. The van der Waals surface area contributed by atoms with Crippen molar-refractivity contribution < 1.29 is 14.7 Å². The van der Waals surface area contributed by atoms with Crippen LogP contribution in [0, 0.1) is 11.8 Å². The maximum atomic E-state index is 11.9. The average Bonchev–Trinajstić information content (AvgIpc) is 2.87. The van der Waals surface area contributed by atoms with Crippen molar-refractivity contribution in [2.45, 2.75) is 57.0 Å². The second-order valence-corrected chi connectivity index (χ2v) is 5.93. The van der Waals surface area contributed by atoms with E-state index in [-0.39, 0.29) is 17.9 Å². The Hall–Kier alpha value is -1.06. The zero-order chi connectivity index (χ0) is 12.2. The van der Waals surface area contributed by atoms with E-state index >= 15 is 0 Å². The number of carboxylic acid groups (broad SMARTS) is 1. The average molecular weight is 237 g/mol. The van der Waals surface area contributed by atoms with Crippen molar-refractivity contribution >= 4 is 11.9 Å². The molecule has 0 aromatic rings. The van der Waals surface area contributed by atoms with Gasteiger partial charge in [-0.2, -0.15) is 0 Å². The highest BCUT2D eigenvalue weighted by atomic mass is 16.4. The number of rotatable bonds is 3. The lowest BCUT2D eigenvalue weighted by atomic mass is 9.79. The van der Waals surface area contributed by atoms with E-state index in [9.17, 15) is 14.7 Å². The van der Waals surface area contributed by atoms with Gasteiger partial charge in [-0.25, -0.2) is 4.79 Å². The summed E-state index contributed by atoms with van der Waals surface area (Å²) in [4.78, 5) is 25.4. The molecule has 2 bridgehead atoms. The molecule has 4 nitrogen and oxygen atoms in total. The van der Waals surface area contributed by atoms with Gasteiger partial charge < -0.3 is 10.0 Å². The van der Waals surface area contributed by atoms with Crippen molar-refractivity contribution in [3.8, 4) is 0 Å². The summed E-state index contributed by atoms with van der Waals surface area (Å²) < 4.78 is 0. The molecule has 0 spiro atoms. The number of amides is 1. The van der Waals surface area contributed by atoms with Gasteiger partial charge in [0.1, 0.15) is 5.54 Å². The summed E-state index contributed by atoms with van der Waals surface area (Å²) in [5, 5.41) is 9.69. The second-order valence-electron chi connectivity index (χ2n) is 5.93. The molecule has 3 aliphatic carbocycles. The quantitative estimate of drug-likeness (QED) is 0.811. The van der Waals surface area contributed by atoms with E-state index in [4.69, 9.17) is 0 Å². The topological polar surface area (TPSA) is 57.6 Å². The normalized spacial score (nSPS) is 39.4. The Morgan fingerprint density at radius 2 is 1.94 bits per heavy atom. The van der Waals surface area contributed by atoms with E-state index in [1.54, 1.807) is 4.90 Å². The van der Waals surface area contributed by atoms with Crippen LogP contribution in [0.1, 0.15) is 45.4 Å². The Morgan fingerprint density at radius 3 is 2.29 bits per heavy atom. The number of hydrogen-bond acceptors (Lipinski definition) is 2. The van der Waals surface area contributed by atoms with Gasteiger partial charge in [0.2, 0.25) is 5.91 Å². The van der Waals surface area contributed by atoms with Crippen molar-refractivity contribution in [1.82, 2.24) is 4.90 Å². The maximum Gasteiger partial charge on any atom is 0.329 e. The number of carboxylic acids is 1. The van der Waals surface area contributed by atoms with Gasteiger partial charge in [0.15, 0.2) is 0 Å². The fraction of sp³-hybridized carbons (Fsp3) is 0.846. The fourth-order valence-electron chi connectivity index (χ4n) is 4.16. The maximum absolute atomic E-state index is 11.9. The van der Waals surface area contributed by atoms with E-state index < -0.39 is 11.5 Å². The van der Waals surface area contributed by atoms with Crippen LogP contribution in [0.15, 0.2) is 0 Å². The molecule has 3 atom stereocenters. The summed E-state index contributed by atoms with van der Waals surface area (Å²) in [5.74, 6) is -0.111. The summed E-state index contributed by atoms with van der Waals surface area (Å²) in [5.41, 5.74) is -0.865. The summed E-state index contributed by atoms with van der Waals surface area (Å²) in [6.45, 7) is 1.52. The van der Waals surface area contributed by atoms with Gasteiger partial charge in [0.05, 0.1) is 0 Å². The summed E-state index contributed by atoms with van der Waals surface area (Å²) in [7, 11) is 0. The van der Waals surface area contributed by atoms with Crippen LogP contribution in [-0.4, -0.2) is 33.5 Å². The van der Waals surface area contributed by atoms with Crippen molar-refractivity contribution in [3.05, 3.63) is 0 Å². The van der Waals surface area contributed by atoms with E-state index in [2.05, 4.69) is 0 Å². The van der Waals surface area contributed by atoms with Crippen LogP contribution >= 0.6 is 0 Å². The van der Waals surface area contributed by atoms with Gasteiger partial charge in [0, 0.05) is 13.0 Å². The van der Waals surface area contributed by atoms with E-state index in [1.165, 1.54) is 6.92 Å². The number of carbonyl (C=O) groups is 2. The van der Waals surface area contributed by atoms with Crippen molar-refractivity contribution in [3.63, 3.8) is 0 Å². The highest BCUT2D eigenvalue weighted by Crippen LogP contribution is 2.55. The molecule has 1 amide bonds. The molecule has 0 radical (unpaired) electrons. The van der Waals surface area contributed by atoms with Crippen LogP contribution in [0.4, 0.5) is 0 Å². The second kappa shape index (κ2) is 3.47. The molecule has 4 heteroatoms. The number of fused-ring (bicyclic) bond motifs is 2. The first-order valence-corrected chi connectivity index (χ1v) is 6.59. The molecule has 1 N–H and O–H groups in total. The smallest absolute Gasteiger partial charge is 0.329 e. The van der Waals surface area contributed by atoms with Gasteiger partial charge in [-0.3, -0.25) is 4.79 Å². The molecular weight excluding hydrogens is 218 g/mol. The molecule has 0 aromatic heterocycles. The highest BCUT2D eigenvalue weighted by molar-refractivity contribution is 5.87. The minimum absolute atomic E-state index is 0.0533. The zero-order valence-electron chi connectivity index (χ0n) is 10.2. The predicted molar refractivity (Wildman–Crippen MR) is 61.4 cm³/mol. The number of carbonyl (C=O) groups excluding carboxylic acids is 1. The Bertz CT molecular complexity index is 377. The van der Waals surface area contributed by atoms with Gasteiger partial charge in [0.25, 0.3) is 0 Å². The molecule has 94 valence electrons. The largest absolute Gasteiger partial charge is 0.479 e. The molecule has 3 rings (SSSR count). The Balaban J connectivity index is 1.99. The van der Waals surface area contributed by atoms with Crippen LogP contribution in [0.5, 0.6) is 0 Å². The molecule has 17 heavy (non-hydrogen) atoms. The monoisotopic (exact) mass is 237 g/mol. The number of aliphatic carboxylic acids is 1. The Kier molecular flexibility index (Phi) is 2.25. The SMILES string of the molecule is CC(=O)N(C1CC1)C1(C(=O)O)CC2CCC1C2. The molecule has 3 aliphatic rings. The number of hydrogen-bond donors (Lipinski definition) is 1. The first-order chi connectivity index (χ1) is 8.05. The molecule has 3 fully saturated rings. The van der Waals surface area contributed by atoms with E-state index in [1.807, 2.05) is 0 Å². The van der Waals surface area contributed by atoms with Crippen molar-refractivity contribution in [1.29, 1.82) is 0 Å². The number of nitrogens with zero attached hydrogens (tertiary/aromatic N) is 1. The summed E-state index contributed by atoms with van der Waals surface area (Å²) in [6, 6.07) is 0.197. The zero-order valence-corrected chi connectivity index (χ0v) is 10.2. The molecule has 3 unspecified atom stereocenters. The third-order valence-corrected chi connectivity index (χ3v) is 4.87. The van der Waals surface area contributed by atoms with Crippen molar-refractivity contribution in [2.24, 2.45) is 11.8 Å². The van der Waals surface area contributed by atoms with Crippen molar-refractivity contribution in [2.75, 3.05) is 0 Å². The van der Waals surface area contributed by atoms with Crippen LogP contribution in [0.25, 0.3) is 0 Å². The Labute approximate surface area is 101 Å². The minimum atomic E-state index is -0.865. The third-order valence-electron chi connectivity index (χ3n) is 4.87. The van der Waals surface area contributed by atoms with Gasteiger partial charge in [-0.05, 0) is 50.4 Å². The summed E-state index contributed by atoms with van der Waals surface area (Å²) >= 11 is 0. The third kappa shape index (κ3) is 1.42. The molecule has 0 aromatic carbocycles. The van der Waals surface area contributed by atoms with Gasteiger partial charge >= 0.3 is 5.97 Å². The molecular formula is C13H19NO3. The lowest BCUT2D eigenvalue weighted by Gasteiger charge is -2.43. The van der Waals surface area contributed by atoms with E-state index in [0.717, 1.165) is 32.1 Å². The highest BCUT2D eigenvalue weighted by Gasteiger charge is 2.62. The Morgan fingerprint density at radius 1 is 1.24 bits per heavy atom. The first kappa shape index (κ1) is 11.1. The molecule has 0 aliphatic heterocycles. The van der Waals surface area contributed by atoms with Crippen LogP contribution in [0.2, 0.25) is 0 Å². The minimum Gasteiger partial charge on any atom is -0.479 e. The van der Waals surface area contributed by atoms with E-state index in [0.29, 0.717) is 12.3 Å². The molecule has 3 saturated carbocycles. The van der Waals surface area contributed by atoms with Crippen LogP contribution in [0.3, 0.4) is 0 Å². The lowest BCUT2D eigenvalue weighted by Crippen LogP contribution is -2.60. The van der Waals surface area contributed by atoms with Gasteiger partial charge in [-0.1, -0.05) is 0 Å². The standard InChI is InChI=1S/C13H19NO3/c1-8(15)14(11-4-5-11)13(12(16)17)7-9-2-3-10(13)6-9/h9-11H,2-7H2,1H3,(H,16,17). The van der Waals surface area contributed by atoms with Crippen LogP contribution in [-0.2, 0) is 9.59 Å². The summed E-state index contributed by atoms with van der Waals surface area (Å²) in [6.07, 6.45) is 5.77. The van der Waals surface area contributed by atoms with Gasteiger partial charge in [-0.15, -0.1) is 0 Å². The lowest BCUT2D eigenvalue weighted by molar-refractivity contribution is -0.164. The molecule has 0 heterocycles. The van der Waals surface area contributed by atoms with Crippen LogP contribution < -0.4 is 0 Å². The molecule has 0 saturated heterocycles. The fourth-order valence-corrected chi connectivity index (χ4v) is 4.16. The predicted octanol–water partition coefficient (Wildman–Crippen LogP) is 1.64.